The van der Waals surface area contributed by atoms with E-state index in [1.807, 2.05) is 6.20 Å². The third kappa shape index (κ3) is 3.47. The van der Waals surface area contributed by atoms with Crippen molar-refractivity contribution in [3.63, 3.8) is 0 Å². The summed E-state index contributed by atoms with van der Waals surface area (Å²) >= 11 is 0. The van der Waals surface area contributed by atoms with E-state index in [-0.39, 0.29) is 22.8 Å². The van der Waals surface area contributed by atoms with Gasteiger partial charge in [-0.1, -0.05) is 19.1 Å². The van der Waals surface area contributed by atoms with Gasteiger partial charge < -0.3 is 9.30 Å². The van der Waals surface area contributed by atoms with Crippen molar-refractivity contribution in [3.8, 4) is 5.88 Å². The molecular formula is C20H23BrFN3O. The molecule has 0 saturated heterocycles. The molecule has 2 aromatic heterocycles. The molecule has 0 bridgehead atoms. The van der Waals surface area contributed by atoms with Gasteiger partial charge in [0.25, 0.3) is 5.88 Å². The highest BCUT2D eigenvalue weighted by Crippen LogP contribution is 2.41. The van der Waals surface area contributed by atoms with Crippen LogP contribution in [0.5, 0.6) is 5.88 Å². The number of hydrogen-bond acceptors (Lipinski definition) is 3. The maximum Gasteiger partial charge on any atom is 0.258 e. The van der Waals surface area contributed by atoms with E-state index in [2.05, 4.69) is 35.5 Å². The monoisotopic (exact) mass is 419 g/mol. The van der Waals surface area contributed by atoms with Crippen molar-refractivity contribution in [3.05, 3.63) is 53.1 Å². The zero-order valence-electron chi connectivity index (χ0n) is 15.2. The highest BCUT2D eigenvalue weighted by atomic mass is 79.9. The van der Waals surface area contributed by atoms with Gasteiger partial charge in [-0.15, -0.1) is 22.1 Å². The molecule has 1 aliphatic carbocycles. The van der Waals surface area contributed by atoms with Gasteiger partial charge in [0.15, 0.2) is 0 Å². The predicted molar refractivity (Wildman–Crippen MR) is 105 cm³/mol. The molecule has 2 atom stereocenters. The summed E-state index contributed by atoms with van der Waals surface area (Å²) < 4.78 is 21.3. The summed E-state index contributed by atoms with van der Waals surface area (Å²) in [7, 11) is 0. The standard InChI is InChI=1S/C20H22FN3O.BrH/c1-12-8-16(12)10-24-14(3)13(2)18-9-22-23-20(19(18)24)25-11-15-4-6-17(21)7-5-15;/h4-7,9,12,16H,8,10-11H2,1-3H3;1H/t12-,16+;/m0./s1. The van der Waals surface area contributed by atoms with Crippen LogP contribution in [0.25, 0.3) is 10.9 Å². The van der Waals surface area contributed by atoms with Crippen LogP contribution in [0.1, 0.15) is 30.2 Å². The number of fused-ring (bicyclic) bond motifs is 1. The number of hydrogen-bond donors (Lipinski definition) is 0. The number of aryl methyl sites for hydroxylation is 1. The van der Waals surface area contributed by atoms with Crippen LogP contribution in [-0.4, -0.2) is 14.8 Å². The van der Waals surface area contributed by atoms with Gasteiger partial charge in [-0.2, -0.15) is 5.10 Å². The molecule has 1 aromatic carbocycles. The average Bonchev–Trinajstić information content (AvgIpc) is 3.26. The van der Waals surface area contributed by atoms with E-state index in [4.69, 9.17) is 4.74 Å². The molecule has 6 heteroatoms. The van der Waals surface area contributed by atoms with E-state index in [0.29, 0.717) is 12.5 Å². The Bertz CT molecular complexity index is 923. The summed E-state index contributed by atoms with van der Waals surface area (Å²) in [5.74, 6) is 1.82. The summed E-state index contributed by atoms with van der Waals surface area (Å²) in [5, 5.41) is 9.44. The Morgan fingerprint density at radius 3 is 2.58 bits per heavy atom. The molecule has 0 unspecified atom stereocenters. The van der Waals surface area contributed by atoms with Crippen LogP contribution in [0, 0.1) is 31.5 Å². The first kappa shape index (κ1) is 18.8. The van der Waals surface area contributed by atoms with E-state index in [1.54, 1.807) is 12.1 Å². The predicted octanol–water partition coefficient (Wildman–Crippen LogP) is 5.00. The molecule has 0 N–H and O–H groups in total. The highest BCUT2D eigenvalue weighted by Gasteiger charge is 2.34. The van der Waals surface area contributed by atoms with Gasteiger partial charge in [0.1, 0.15) is 17.9 Å². The van der Waals surface area contributed by atoms with Crippen LogP contribution >= 0.6 is 17.0 Å². The summed E-state index contributed by atoms with van der Waals surface area (Å²) in [5.41, 5.74) is 4.40. The Kier molecular flexibility index (Phi) is 5.32. The second-order valence-electron chi connectivity index (χ2n) is 7.12. The molecular weight excluding hydrogens is 397 g/mol. The van der Waals surface area contributed by atoms with Crippen molar-refractivity contribution in [2.75, 3.05) is 0 Å². The first-order chi connectivity index (χ1) is 12.0. The van der Waals surface area contributed by atoms with Gasteiger partial charge >= 0.3 is 0 Å². The molecule has 4 rings (SSSR count). The van der Waals surface area contributed by atoms with E-state index < -0.39 is 0 Å². The minimum absolute atomic E-state index is 0. The first-order valence-electron chi connectivity index (χ1n) is 8.73. The maximum atomic E-state index is 13.1. The van der Waals surface area contributed by atoms with E-state index >= 15 is 0 Å². The van der Waals surface area contributed by atoms with Gasteiger partial charge in [0, 0.05) is 17.6 Å². The van der Waals surface area contributed by atoms with Crippen molar-refractivity contribution >= 4 is 27.9 Å². The number of rotatable bonds is 5. The molecule has 1 saturated carbocycles. The van der Waals surface area contributed by atoms with Crippen LogP contribution in [0.15, 0.2) is 30.5 Å². The molecule has 138 valence electrons. The second kappa shape index (κ2) is 7.35. The molecule has 4 nitrogen and oxygen atoms in total. The summed E-state index contributed by atoms with van der Waals surface area (Å²) in [6.45, 7) is 7.90. The number of halogens is 2. The Morgan fingerprint density at radius 2 is 1.92 bits per heavy atom. The Hall–Kier alpha value is -1.95. The maximum absolute atomic E-state index is 13.1. The Labute approximate surface area is 163 Å². The molecule has 3 aromatic rings. The van der Waals surface area contributed by atoms with Gasteiger partial charge in [-0.05, 0) is 55.4 Å². The molecule has 0 radical (unpaired) electrons. The lowest BCUT2D eigenvalue weighted by molar-refractivity contribution is 0.292. The van der Waals surface area contributed by atoms with Crippen LogP contribution < -0.4 is 4.74 Å². The fourth-order valence-electron chi connectivity index (χ4n) is 3.41. The fourth-order valence-corrected chi connectivity index (χ4v) is 3.41. The normalized spacial score (nSPS) is 18.6. The SMILES string of the molecule is Br.Cc1c(C)n(C[C@H]2C[C@@H]2C)c2c(OCc3ccc(F)cc3)nncc12. The zero-order valence-corrected chi connectivity index (χ0v) is 16.9. The van der Waals surface area contributed by atoms with Crippen molar-refractivity contribution < 1.29 is 9.13 Å². The van der Waals surface area contributed by atoms with Gasteiger partial charge in [-0.3, -0.25) is 0 Å². The molecule has 1 aliphatic rings. The molecule has 0 spiro atoms. The Balaban J connectivity index is 0.00000196. The second-order valence-corrected chi connectivity index (χ2v) is 7.12. The number of benzene rings is 1. The minimum atomic E-state index is -0.246. The van der Waals surface area contributed by atoms with E-state index in [1.165, 1.54) is 29.8 Å². The highest BCUT2D eigenvalue weighted by molar-refractivity contribution is 8.93. The smallest absolute Gasteiger partial charge is 0.258 e. The number of aromatic nitrogens is 3. The van der Waals surface area contributed by atoms with Crippen molar-refractivity contribution in [1.29, 1.82) is 0 Å². The third-order valence-electron chi connectivity index (χ3n) is 5.40. The van der Waals surface area contributed by atoms with Crippen molar-refractivity contribution in [1.82, 2.24) is 14.8 Å². The van der Waals surface area contributed by atoms with Gasteiger partial charge in [0.2, 0.25) is 0 Å². The number of ether oxygens (including phenoxy) is 1. The zero-order chi connectivity index (χ0) is 17.6. The quantitative estimate of drug-likeness (QED) is 0.583. The summed E-state index contributed by atoms with van der Waals surface area (Å²) in [4.78, 5) is 0. The van der Waals surface area contributed by atoms with Crippen LogP contribution in [0.2, 0.25) is 0 Å². The molecule has 1 fully saturated rings. The van der Waals surface area contributed by atoms with Crippen LogP contribution in [0.4, 0.5) is 4.39 Å². The topological polar surface area (TPSA) is 39.9 Å². The van der Waals surface area contributed by atoms with E-state index in [0.717, 1.165) is 34.8 Å². The van der Waals surface area contributed by atoms with E-state index in [9.17, 15) is 4.39 Å². The molecule has 2 heterocycles. The lowest BCUT2D eigenvalue weighted by Crippen LogP contribution is -2.06. The van der Waals surface area contributed by atoms with Crippen LogP contribution in [-0.2, 0) is 13.2 Å². The summed E-state index contributed by atoms with van der Waals surface area (Å²) in [6, 6.07) is 6.33. The van der Waals surface area contributed by atoms with Gasteiger partial charge in [-0.25, -0.2) is 4.39 Å². The fraction of sp³-hybridized carbons (Fsp3) is 0.400. The van der Waals surface area contributed by atoms with Gasteiger partial charge in [0.05, 0.1) is 6.20 Å². The lowest BCUT2D eigenvalue weighted by Gasteiger charge is -2.11. The van der Waals surface area contributed by atoms with Crippen LogP contribution in [0.3, 0.4) is 0 Å². The van der Waals surface area contributed by atoms with Crippen molar-refractivity contribution in [2.24, 2.45) is 11.8 Å². The average molecular weight is 420 g/mol. The molecule has 0 amide bonds. The first-order valence-corrected chi connectivity index (χ1v) is 8.73. The largest absolute Gasteiger partial charge is 0.470 e. The molecule has 0 aliphatic heterocycles. The number of nitrogens with zero attached hydrogens (tertiary/aromatic N) is 3. The minimum Gasteiger partial charge on any atom is -0.470 e. The third-order valence-corrected chi connectivity index (χ3v) is 5.40. The van der Waals surface area contributed by atoms with Crippen molar-refractivity contribution in [2.45, 2.75) is 40.3 Å². The lowest BCUT2D eigenvalue weighted by atomic mass is 10.2. The summed E-state index contributed by atoms with van der Waals surface area (Å²) in [6.07, 6.45) is 3.09. The molecule has 26 heavy (non-hydrogen) atoms. The Morgan fingerprint density at radius 1 is 1.23 bits per heavy atom.